The van der Waals surface area contributed by atoms with Gasteiger partial charge in [0, 0.05) is 18.0 Å². The predicted octanol–water partition coefficient (Wildman–Crippen LogP) is 4.18. The van der Waals surface area contributed by atoms with Crippen LogP contribution in [-0.2, 0) is 9.53 Å². The molecule has 1 atom stereocenters. The van der Waals surface area contributed by atoms with E-state index in [1.54, 1.807) is 6.07 Å². The number of allylic oxidation sites excluding steroid dienone is 2. The topological polar surface area (TPSA) is 85.2 Å². The van der Waals surface area contributed by atoms with Crippen LogP contribution < -0.4 is 5.73 Å². The number of ether oxygens (including phenoxy) is 1. The summed E-state index contributed by atoms with van der Waals surface area (Å²) >= 11 is 0. The van der Waals surface area contributed by atoms with Gasteiger partial charge in [0.1, 0.15) is 5.60 Å². The van der Waals surface area contributed by atoms with Crippen molar-refractivity contribution in [1.82, 2.24) is 4.98 Å². The molecule has 0 bridgehead atoms. The molecule has 2 aromatic rings. The molecule has 0 radical (unpaired) electrons. The molecule has 1 aliphatic rings. The molecule has 1 unspecified atom stereocenters. The van der Waals surface area contributed by atoms with Crippen LogP contribution in [0.25, 0.3) is 16.5 Å². The number of H-pyrrole nitrogens is 1. The number of hydrogen-bond acceptors (Lipinski definition) is 3. The van der Waals surface area contributed by atoms with Crippen LogP contribution in [0.3, 0.4) is 0 Å². The number of nitrogens with two attached hydrogens (primary N) is 1. The second-order valence-corrected chi connectivity index (χ2v) is 7.96. The summed E-state index contributed by atoms with van der Waals surface area (Å²) in [4.78, 5) is 26.9. The molecule has 138 valence electrons. The van der Waals surface area contributed by atoms with Crippen molar-refractivity contribution in [1.29, 1.82) is 0 Å². The average molecular weight is 354 g/mol. The summed E-state index contributed by atoms with van der Waals surface area (Å²) in [5.41, 5.74) is 8.59. The fourth-order valence-electron chi connectivity index (χ4n) is 3.64. The van der Waals surface area contributed by atoms with Crippen LogP contribution in [-0.4, -0.2) is 22.5 Å². The average Bonchev–Trinajstić information content (AvgIpc) is 3.01. The number of esters is 1. The molecular weight excluding hydrogens is 328 g/mol. The number of aromatic nitrogens is 1. The first-order valence-corrected chi connectivity index (χ1v) is 9.06. The Morgan fingerprint density at radius 3 is 2.73 bits per heavy atom. The van der Waals surface area contributed by atoms with Crippen LogP contribution in [0.5, 0.6) is 0 Å². The van der Waals surface area contributed by atoms with Crippen LogP contribution in [0, 0.1) is 5.92 Å². The monoisotopic (exact) mass is 354 g/mol. The molecular formula is C21H26N2O3. The third kappa shape index (κ3) is 3.98. The predicted molar refractivity (Wildman–Crippen MR) is 103 cm³/mol. The highest BCUT2D eigenvalue weighted by Crippen LogP contribution is 2.36. The van der Waals surface area contributed by atoms with E-state index in [0.29, 0.717) is 12.0 Å². The van der Waals surface area contributed by atoms with Gasteiger partial charge in [-0.25, -0.2) is 0 Å². The SMILES string of the molecule is CC(C)(C)OC(=O)CC1CCC=C(c2ccc(C(N)=O)c3[nH]ccc23)C1. The summed E-state index contributed by atoms with van der Waals surface area (Å²) in [5, 5.41) is 0.991. The number of nitrogens with one attached hydrogen (secondary N) is 1. The second-order valence-electron chi connectivity index (χ2n) is 7.96. The molecule has 0 aliphatic heterocycles. The van der Waals surface area contributed by atoms with Gasteiger partial charge in [0.25, 0.3) is 5.91 Å². The standard InChI is InChI=1S/C21H26N2O3/c1-21(2,3)26-18(24)12-13-5-4-6-14(11-13)15-7-8-17(20(22)25)19-16(15)9-10-23-19/h6-10,13,23H,4-5,11-12H2,1-3H3,(H2,22,25). The summed E-state index contributed by atoms with van der Waals surface area (Å²) in [6.07, 6.45) is 7.24. The van der Waals surface area contributed by atoms with Crippen molar-refractivity contribution < 1.29 is 14.3 Å². The normalized spacial score (nSPS) is 17.8. The van der Waals surface area contributed by atoms with Crippen molar-refractivity contribution in [3.63, 3.8) is 0 Å². The van der Waals surface area contributed by atoms with Gasteiger partial charge < -0.3 is 15.5 Å². The molecule has 0 fully saturated rings. The molecule has 3 N–H and O–H groups in total. The zero-order valence-electron chi connectivity index (χ0n) is 15.6. The third-order valence-electron chi connectivity index (χ3n) is 4.68. The summed E-state index contributed by atoms with van der Waals surface area (Å²) in [6, 6.07) is 5.70. The number of carbonyl (C=O) groups is 2. The maximum atomic E-state index is 12.2. The molecule has 1 aromatic heterocycles. The zero-order valence-corrected chi connectivity index (χ0v) is 15.6. The molecule has 5 nitrogen and oxygen atoms in total. The lowest BCUT2D eigenvalue weighted by atomic mass is 9.82. The Balaban J connectivity index is 1.80. The number of fused-ring (bicyclic) bond motifs is 1. The van der Waals surface area contributed by atoms with Crippen molar-refractivity contribution >= 4 is 28.4 Å². The van der Waals surface area contributed by atoms with Gasteiger partial charge in [-0.3, -0.25) is 9.59 Å². The van der Waals surface area contributed by atoms with E-state index in [1.807, 2.05) is 39.1 Å². The Bertz CT molecular complexity index is 871. The summed E-state index contributed by atoms with van der Waals surface area (Å²) < 4.78 is 5.47. The first kappa shape index (κ1) is 18.2. The molecule has 5 heteroatoms. The number of amides is 1. The van der Waals surface area contributed by atoms with Crippen LogP contribution in [0.2, 0.25) is 0 Å². The lowest BCUT2D eigenvalue weighted by Gasteiger charge is -2.25. The van der Waals surface area contributed by atoms with Crippen LogP contribution >= 0.6 is 0 Å². The van der Waals surface area contributed by atoms with Gasteiger partial charge in [-0.2, -0.15) is 0 Å². The van der Waals surface area contributed by atoms with E-state index in [0.717, 1.165) is 35.7 Å². The van der Waals surface area contributed by atoms with E-state index in [4.69, 9.17) is 10.5 Å². The van der Waals surface area contributed by atoms with Gasteiger partial charge in [0.15, 0.2) is 0 Å². The van der Waals surface area contributed by atoms with Crippen molar-refractivity contribution in [3.05, 3.63) is 41.6 Å². The zero-order chi connectivity index (χ0) is 18.9. The van der Waals surface area contributed by atoms with Gasteiger partial charge in [-0.05, 0) is 69.2 Å². The van der Waals surface area contributed by atoms with Crippen molar-refractivity contribution in [2.45, 2.75) is 52.1 Å². The van der Waals surface area contributed by atoms with Gasteiger partial charge in [-0.15, -0.1) is 0 Å². The first-order valence-electron chi connectivity index (χ1n) is 9.06. The Morgan fingerprint density at radius 1 is 1.27 bits per heavy atom. The number of rotatable bonds is 4. The summed E-state index contributed by atoms with van der Waals surface area (Å²) in [5.74, 6) is -0.307. The van der Waals surface area contributed by atoms with Gasteiger partial charge in [-0.1, -0.05) is 12.1 Å². The molecule has 0 saturated heterocycles. The van der Waals surface area contributed by atoms with Crippen LogP contribution in [0.15, 0.2) is 30.5 Å². The molecule has 0 saturated carbocycles. The second kappa shape index (κ2) is 6.98. The fraction of sp³-hybridized carbons (Fsp3) is 0.429. The number of benzene rings is 1. The van der Waals surface area contributed by atoms with E-state index in [1.165, 1.54) is 5.57 Å². The quantitative estimate of drug-likeness (QED) is 0.808. The van der Waals surface area contributed by atoms with E-state index in [9.17, 15) is 9.59 Å². The van der Waals surface area contributed by atoms with Gasteiger partial charge in [0.2, 0.25) is 0 Å². The minimum absolute atomic E-state index is 0.139. The highest BCUT2D eigenvalue weighted by molar-refractivity contribution is 6.07. The minimum Gasteiger partial charge on any atom is -0.460 e. The molecule has 0 spiro atoms. The minimum atomic E-state index is -0.452. The van der Waals surface area contributed by atoms with Crippen LogP contribution in [0.4, 0.5) is 0 Å². The Kier molecular flexibility index (Phi) is 4.90. The Morgan fingerprint density at radius 2 is 2.04 bits per heavy atom. The first-order chi connectivity index (χ1) is 12.2. The highest BCUT2D eigenvalue weighted by Gasteiger charge is 2.24. The largest absolute Gasteiger partial charge is 0.460 e. The maximum absolute atomic E-state index is 12.2. The number of carbonyl (C=O) groups excluding carboxylic acids is 2. The van der Waals surface area contributed by atoms with E-state index in [2.05, 4.69) is 11.1 Å². The van der Waals surface area contributed by atoms with E-state index in [-0.39, 0.29) is 11.9 Å². The van der Waals surface area contributed by atoms with Crippen molar-refractivity contribution in [3.8, 4) is 0 Å². The lowest BCUT2D eigenvalue weighted by molar-refractivity contribution is -0.156. The van der Waals surface area contributed by atoms with Crippen molar-refractivity contribution in [2.24, 2.45) is 11.7 Å². The van der Waals surface area contributed by atoms with E-state index < -0.39 is 11.5 Å². The van der Waals surface area contributed by atoms with Crippen molar-refractivity contribution in [2.75, 3.05) is 0 Å². The highest BCUT2D eigenvalue weighted by atomic mass is 16.6. The molecule has 1 aliphatic carbocycles. The fourth-order valence-corrected chi connectivity index (χ4v) is 3.64. The molecule has 1 amide bonds. The van der Waals surface area contributed by atoms with Gasteiger partial charge in [0.05, 0.1) is 11.1 Å². The number of hydrogen-bond donors (Lipinski definition) is 2. The number of aromatic amines is 1. The number of primary amides is 1. The molecule has 1 aromatic carbocycles. The lowest BCUT2D eigenvalue weighted by Crippen LogP contribution is -2.25. The summed E-state index contributed by atoms with van der Waals surface area (Å²) in [6.45, 7) is 5.67. The third-order valence-corrected chi connectivity index (χ3v) is 4.68. The van der Waals surface area contributed by atoms with Gasteiger partial charge >= 0.3 is 5.97 Å². The van der Waals surface area contributed by atoms with Crippen LogP contribution in [0.1, 0.15) is 62.4 Å². The molecule has 26 heavy (non-hydrogen) atoms. The Hall–Kier alpha value is -2.56. The molecule has 1 heterocycles. The molecule has 3 rings (SSSR count). The Labute approximate surface area is 153 Å². The smallest absolute Gasteiger partial charge is 0.306 e. The summed E-state index contributed by atoms with van der Waals surface area (Å²) in [7, 11) is 0. The maximum Gasteiger partial charge on any atom is 0.306 e. The van der Waals surface area contributed by atoms with E-state index >= 15 is 0 Å².